The molecular formula is C10H12ClNO6S. The summed E-state index contributed by atoms with van der Waals surface area (Å²) in [4.78, 5) is 9.84. The number of sulfone groups is 1. The van der Waals surface area contributed by atoms with Crippen LogP contribution in [0.15, 0.2) is 23.1 Å². The predicted octanol–water partition coefficient (Wildman–Crippen LogP) is 0.631. The summed E-state index contributed by atoms with van der Waals surface area (Å²) >= 11 is 5.36. The van der Waals surface area contributed by atoms with Crippen molar-refractivity contribution in [2.24, 2.45) is 0 Å². The molecule has 2 N–H and O–H groups in total. The molecule has 0 heterocycles. The Hall–Kier alpha value is -1.22. The van der Waals surface area contributed by atoms with Crippen molar-refractivity contribution in [3.05, 3.63) is 33.9 Å². The molecule has 1 aromatic rings. The summed E-state index contributed by atoms with van der Waals surface area (Å²) in [5, 5.41) is 30.0. The van der Waals surface area contributed by atoms with Crippen molar-refractivity contribution in [1.29, 1.82) is 0 Å². The lowest BCUT2D eigenvalue weighted by Crippen LogP contribution is -2.20. The van der Waals surface area contributed by atoms with E-state index < -0.39 is 32.7 Å². The van der Waals surface area contributed by atoms with Gasteiger partial charge in [0.2, 0.25) is 0 Å². The van der Waals surface area contributed by atoms with Crippen LogP contribution in [0.3, 0.4) is 0 Å². The predicted molar refractivity (Wildman–Crippen MR) is 67.9 cm³/mol. The van der Waals surface area contributed by atoms with Gasteiger partial charge in [-0.05, 0) is 12.1 Å². The van der Waals surface area contributed by atoms with Crippen LogP contribution in [-0.4, -0.2) is 41.8 Å². The van der Waals surface area contributed by atoms with Gasteiger partial charge in [-0.3, -0.25) is 10.1 Å². The first kappa shape index (κ1) is 15.8. The van der Waals surface area contributed by atoms with Crippen LogP contribution >= 0.6 is 11.6 Å². The Labute approximate surface area is 114 Å². The zero-order chi connectivity index (χ0) is 14.8. The van der Waals surface area contributed by atoms with E-state index in [4.69, 9.17) is 11.6 Å². The van der Waals surface area contributed by atoms with Gasteiger partial charge in [-0.25, -0.2) is 8.42 Å². The van der Waals surface area contributed by atoms with Gasteiger partial charge >= 0.3 is 0 Å². The van der Waals surface area contributed by atoms with Crippen molar-refractivity contribution in [1.82, 2.24) is 0 Å². The van der Waals surface area contributed by atoms with E-state index in [1.165, 1.54) is 0 Å². The van der Waals surface area contributed by atoms with Gasteiger partial charge < -0.3 is 10.2 Å². The molecule has 106 valence electrons. The smallest absolute Gasteiger partial charge is 0.276 e. The number of rotatable bonds is 5. The Kier molecular flexibility index (Phi) is 4.86. The molecule has 2 atom stereocenters. The monoisotopic (exact) mass is 309 g/mol. The molecule has 0 bridgehead atoms. The van der Waals surface area contributed by atoms with Gasteiger partial charge in [0.05, 0.1) is 27.4 Å². The minimum Gasteiger partial charge on any atom is -0.389 e. The molecule has 2 unspecified atom stereocenters. The first-order valence-electron chi connectivity index (χ1n) is 5.09. The summed E-state index contributed by atoms with van der Waals surface area (Å²) < 4.78 is 22.6. The fourth-order valence-electron chi connectivity index (χ4n) is 1.45. The fraction of sp³-hybridized carbons (Fsp3) is 0.400. The molecule has 0 saturated carbocycles. The number of nitrogens with zero attached hydrogens (tertiary/aromatic N) is 1. The zero-order valence-corrected chi connectivity index (χ0v) is 11.4. The van der Waals surface area contributed by atoms with Gasteiger partial charge in [-0.2, -0.15) is 0 Å². The largest absolute Gasteiger partial charge is 0.389 e. The Morgan fingerprint density at radius 3 is 2.42 bits per heavy atom. The van der Waals surface area contributed by atoms with Crippen molar-refractivity contribution < 1.29 is 23.6 Å². The number of aliphatic hydroxyl groups is 2. The first-order chi connectivity index (χ1) is 8.68. The summed E-state index contributed by atoms with van der Waals surface area (Å²) in [6, 6.07) is 3.06. The van der Waals surface area contributed by atoms with Crippen LogP contribution in [0, 0.1) is 10.1 Å². The highest BCUT2D eigenvalue weighted by Gasteiger charge is 2.27. The third-order valence-corrected chi connectivity index (χ3v) is 3.89. The third-order valence-electron chi connectivity index (χ3n) is 2.47. The maximum Gasteiger partial charge on any atom is 0.276 e. The van der Waals surface area contributed by atoms with Crippen LogP contribution in [0.2, 0.25) is 0 Å². The second-order valence-corrected chi connectivity index (χ2v) is 6.24. The van der Waals surface area contributed by atoms with E-state index >= 15 is 0 Å². The molecule has 0 spiro atoms. The van der Waals surface area contributed by atoms with E-state index in [1.807, 2.05) is 0 Å². The van der Waals surface area contributed by atoms with Gasteiger partial charge in [-0.1, -0.05) is 0 Å². The molecular weight excluding hydrogens is 298 g/mol. The number of alkyl halides is 1. The lowest BCUT2D eigenvalue weighted by molar-refractivity contribution is -0.386. The molecule has 0 saturated heterocycles. The van der Waals surface area contributed by atoms with Crippen molar-refractivity contribution >= 4 is 27.1 Å². The van der Waals surface area contributed by atoms with Crippen molar-refractivity contribution in [2.75, 3.05) is 12.1 Å². The van der Waals surface area contributed by atoms with Crippen molar-refractivity contribution in [3.63, 3.8) is 0 Å². The maximum absolute atomic E-state index is 11.3. The average Bonchev–Trinajstić information content (AvgIpc) is 2.35. The standard InChI is InChI=1S/C10H12ClNO6S/c1-19(17,18)6-2-3-7(8(4-6)12(15)16)10(14)9(13)5-11/h2-4,9-10,13-14H,5H2,1H3. The van der Waals surface area contributed by atoms with Crippen molar-refractivity contribution in [3.8, 4) is 0 Å². The topological polar surface area (TPSA) is 118 Å². The number of nitro benzene ring substituents is 1. The van der Waals surface area contributed by atoms with Crippen LogP contribution in [0.4, 0.5) is 5.69 Å². The number of hydrogen-bond donors (Lipinski definition) is 2. The number of hydrogen-bond acceptors (Lipinski definition) is 6. The van der Waals surface area contributed by atoms with Crippen LogP contribution in [0.5, 0.6) is 0 Å². The molecule has 0 radical (unpaired) electrons. The highest BCUT2D eigenvalue weighted by Crippen LogP contribution is 2.30. The minimum absolute atomic E-state index is 0.189. The Bertz CT molecular complexity index is 588. The zero-order valence-electron chi connectivity index (χ0n) is 9.85. The van der Waals surface area contributed by atoms with Crippen LogP contribution < -0.4 is 0 Å². The quantitative estimate of drug-likeness (QED) is 0.468. The van der Waals surface area contributed by atoms with E-state index in [1.54, 1.807) is 0 Å². The molecule has 1 aromatic carbocycles. The molecule has 0 fully saturated rings. The van der Waals surface area contributed by atoms with Gasteiger partial charge in [0.15, 0.2) is 9.84 Å². The molecule has 0 amide bonds. The van der Waals surface area contributed by atoms with E-state index in [-0.39, 0.29) is 16.3 Å². The third kappa shape index (κ3) is 3.63. The summed E-state index contributed by atoms with van der Waals surface area (Å²) in [7, 11) is -3.60. The van der Waals surface area contributed by atoms with Gasteiger partial charge in [0, 0.05) is 12.3 Å². The number of benzene rings is 1. The number of aliphatic hydroxyl groups excluding tert-OH is 2. The normalized spacial score (nSPS) is 14.9. The fourth-order valence-corrected chi connectivity index (χ4v) is 2.26. The minimum atomic E-state index is -3.60. The lowest BCUT2D eigenvalue weighted by Gasteiger charge is -2.16. The van der Waals surface area contributed by atoms with Crippen LogP contribution in [0.25, 0.3) is 0 Å². The molecule has 0 aliphatic heterocycles. The molecule has 1 rings (SSSR count). The Morgan fingerprint density at radius 1 is 1.42 bits per heavy atom. The average molecular weight is 310 g/mol. The van der Waals surface area contributed by atoms with E-state index in [2.05, 4.69) is 0 Å². The van der Waals surface area contributed by atoms with Crippen LogP contribution in [0.1, 0.15) is 11.7 Å². The summed E-state index contributed by atoms with van der Waals surface area (Å²) in [5.74, 6) is -0.313. The van der Waals surface area contributed by atoms with E-state index in [9.17, 15) is 28.7 Å². The molecule has 0 aliphatic carbocycles. The van der Waals surface area contributed by atoms with Gasteiger partial charge in [0.1, 0.15) is 6.10 Å². The SMILES string of the molecule is CS(=O)(=O)c1ccc(C(O)C(O)CCl)c([N+](=O)[O-])c1. The van der Waals surface area contributed by atoms with Gasteiger partial charge in [-0.15, -0.1) is 11.6 Å². The second-order valence-electron chi connectivity index (χ2n) is 3.92. The van der Waals surface area contributed by atoms with Crippen molar-refractivity contribution in [2.45, 2.75) is 17.1 Å². The highest BCUT2D eigenvalue weighted by molar-refractivity contribution is 7.90. The van der Waals surface area contributed by atoms with Gasteiger partial charge in [0.25, 0.3) is 5.69 Å². The van der Waals surface area contributed by atoms with Crippen LogP contribution in [-0.2, 0) is 9.84 Å². The Morgan fingerprint density at radius 2 is 2.00 bits per heavy atom. The second kappa shape index (κ2) is 5.83. The van der Waals surface area contributed by atoms with E-state index in [0.717, 1.165) is 24.5 Å². The lowest BCUT2D eigenvalue weighted by atomic mass is 10.0. The highest BCUT2D eigenvalue weighted by atomic mass is 35.5. The molecule has 9 heteroatoms. The molecule has 0 aromatic heterocycles. The molecule has 19 heavy (non-hydrogen) atoms. The summed E-state index contributed by atoms with van der Waals surface area (Å²) in [6.45, 7) is 0. The number of halogens is 1. The number of nitro groups is 1. The van der Waals surface area contributed by atoms with E-state index in [0.29, 0.717) is 0 Å². The molecule has 7 nitrogen and oxygen atoms in total. The first-order valence-corrected chi connectivity index (χ1v) is 7.51. The summed E-state index contributed by atoms with van der Waals surface area (Å²) in [5.41, 5.74) is -0.773. The Balaban J connectivity index is 3.39. The molecule has 0 aliphatic rings. The maximum atomic E-state index is 11.3. The summed E-state index contributed by atoms with van der Waals surface area (Å²) in [6.07, 6.45) is -2.04.